The maximum absolute atomic E-state index is 13.1. The smallest absolute Gasteiger partial charge is 0.404 e. The Balaban J connectivity index is 0.000000123. The van der Waals surface area contributed by atoms with Crippen molar-refractivity contribution in [3.8, 4) is 49.9 Å². The number of thiazole rings is 2. The molecule has 5 aliphatic heterocycles. The molecule has 5 aromatic heterocycles. The van der Waals surface area contributed by atoms with Crippen molar-refractivity contribution in [2.75, 3.05) is 19.8 Å². The number of ether oxygens (including phenoxy) is 5. The normalized spacial score (nSPS) is 14.1. The zero-order valence-corrected chi connectivity index (χ0v) is 81.9. The number of nitrogens with zero attached hydrogens (tertiary/aromatic N) is 6. The number of aromatic nitrogens is 4. The van der Waals surface area contributed by atoms with Crippen LogP contribution >= 0.6 is 57.2 Å². The zero-order chi connectivity index (χ0) is 93.9. The van der Waals surface area contributed by atoms with Crippen LogP contribution in [0.15, 0.2) is 288 Å². The molecule has 1 unspecified atom stereocenters. The van der Waals surface area contributed by atoms with Crippen LogP contribution in [0.1, 0.15) is 147 Å². The van der Waals surface area contributed by atoms with Crippen LogP contribution in [0.4, 0.5) is 4.39 Å². The summed E-state index contributed by atoms with van der Waals surface area (Å²) < 4.78 is 40.5. The van der Waals surface area contributed by atoms with Gasteiger partial charge in [0.15, 0.2) is 23.0 Å². The van der Waals surface area contributed by atoms with Gasteiger partial charge in [-0.25, -0.2) is 9.97 Å². The number of nitrogens with two attached hydrogens (primary N) is 2. The molecule has 0 bridgehead atoms. The topological polar surface area (TPSA) is 174 Å². The number of aryl methyl sites for hydroxylation is 14. The van der Waals surface area contributed by atoms with Gasteiger partial charge in [0, 0.05) is 108 Å². The van der Waals surface area contributed by atoms with Gasteiger partial charge < -0.3 is 35.2 Å². The summed E-state index contributed by atoms with van der Waals surface area (Å²) in [5.74, 6) is 5.06. The van der Waals surface area contributed by atoms with Crippen LogP contribution in [0.25, 0.3) is 54.3 Å². The number of rotatable bonds is 2. The fourth-order valence-electron chi connectivity index (χ4n) is 15.3. The molecule has 10 heterocycles. The van der Waals surface area contributed by atoms with E-state index in [9.17, 15) is 4.39 Å². The molecule has 4 N–H and O–H groups in total. The summed E-state index contributed by atoms with van der Waals surface area (Å²) in [5.41, 5.74) is 42.9. The van der Waals surface area contributed by atoms with Crippen molar-refractivity contribution in [2.45, 2.75) is 154 Å². The summed E-state index contributed by atoms with van der Waals surface area (Å²) >= 11 is 17.1. The van der Waals surface area contributed by atoms with Gasteiger partial charge in [-0.15, -0.1) is 34.0 Å². The summed E-state index contributed by atoms with van der Waals surface area (Å²) in [7, 11) is 0. The molecule has 13 nitrogen and oxygen atoms in total. The van der Waals surface area contributed by atoms with Crippen molar-refractivity contribution in [3.05, 3.63) is 416 Å². The van der Waals surface area contributed by atoms with E-state index in [1.54, 1.807) is 63.5 Å². The lowest BCUT2D eigenvalue weighted by Crippen LogP contribution is -2.27. The molecule has 11 aromatic carbocycles. The molecule has 3 aliphatic carbocycles. The van der Waals surface area contributed by atoms with E-state index < -0.39 is 6.04 Å². The zero-order valence-electron chi connectivity index (χ0n) is 77.9. The van der Waals surface area contributed by atoms with Gasteiger partial charge in [-0.1, -0.05) is 239 Å². The summed E-state index contributed by atoms with van der Waals surface area (Å²) in [6.45, 7) is 29.7. The molecular weight excluding hydrogens is 1750 g/mol. The average molecular weight is 1860 g/mol. The quantitative estimate of drug-likeness (QED) is 0.169. The third-order valence-electron chi connectivity index (χ3n) is 22.2. The second kappa shape index (κ2) is 47.5. The van der Waals surface area contributed by atoms with Crippen molar-refractivity contribution < 1.29 is 28.1 Å². The van der Waals surface area contributed by atoms with Gasteiger partial charge in [0.1, 0.15) is 27.4 Å². The molecule has 0 amide bonds. The van der Waals surface area contributed by atoms with Crippen molar-refractivity contribution >= 4 is 102 Å². The predicted octanol–water partition coefficient (Wildman–Crippen LogP) is 29.2. The fraction of sp³-hybridized carbons (Fsp3) is 0.228. The molecule has 0 radical (unpaired) electrons. The monoisotopic (exact) mass is 1860 g/mol. The standard InChI is InChI=1S/C10H9NS.C10H9N.C10H12O2.C10H12.2C10H10.C9H9ClO.C9H7ClS.C9H9FO2.C9H8N2S.2C9H10N2/c1-8-7-12-10(11-8)9-5-3-2-4-6-9;1-8-4-5-10-9(7-8)3-2-6-11-10;1-8-3-4-9-10(7-8)12-6-2-5-11-9;3*1-8-5-6-9-3-2-4-10(9)7-8;1-6-4-9-7(2-3-11-9)5-8(6)10;1-6-9(10)7-4-2-3-5-8(7)11-6;1-6-3-4-7-8(5-6)12-9(2,10)11-7;1-7-6-12-9(11-7)8-3-2-4-10-5-8;1-6-2-3-8-7(4-6)5-11-9(8)10;1-6-2-3-7-5-11-9(10)8(7)4-6/h2-7H,1H3;2-7H,1H3;3-4,7H,2,5-6H2,1H3;5-7H,2-4H2,1H3;2*2,4-7H,3H2,1H3;4-5H,2-3H2,1H3;2-5H,1H3;3-5H,1-2H3;2-6H,1H3;2*2-4H,5H2,1H3,(H2,10,11). The highest BCUT2D eigenvalue weighted by Gasteiger charge is 2.36. The van der Waals surface area contributed by atoms with E-state index in [-0.39, 0.29) is 0 Å². The number of halogens is 3. The molecule has 8 aliphatic rings. The van der Waals surface area contributed by atoms with Gasteiger partial charge in [0.2, 0.25) is 0 Å². The van der Waals surface area contributed by atoms with E-state index in [1.807, 2.05) is 149 Å². The number of aliphatic imine (C=N–C) groups is 2. The number of alkyl halides is 1. The van der Waals surface area contributed by atoms with Crippen molar-refractivity contribution in [1.29, 1.82) is 0 Å². The lowest BCUT2D eigenvalue weighted by atomic mass is 10.1. The number of allylic oxidation sites excluding steroid dienone is 2. The van der Waals surface area contributed by atoms with Gasteiger partial charge in [0.05, 0.1) is 43.4 Å². The van der Waals surface area contributed by atoms with Gasteiger partial charge >= 0.3 is 6.04 Å². The van der Waals surface area contributed by atoms with E-state index in [2.05, 4.69) is 235 Å². The van der Waals surface area contributed by atoms with Crippen molar-refractivity contribution in [2.24, 2.45) is 21.5 Å². The minimum absolute atomic E-state index is 0.464. The molecule has 0 saturated carbocycles. The second-order valence-corrected chi connectivity index (χ2v) is 37.4. The van der Waals surface area contributed by atoms with E-state index in [1.165, 1.54) is 130 Å². The number of amidine groups is 2. The maximum Gasteiger partial charge on any atom is 0.404 e. The molecule has 0 fully saturated rings. The first-order chi connectivity index (χ1) is 64.2. The molecular formula is C114H115Cl2FN8O5S3. The Morgan fingerprint density at radius 1 is 0.414 bits per heavy atom. The van der Waals surface area contributed by atoms with E-state index in [0.29, 0.717) is 23.2 Å². The number of thiophene rings is 1. The third kappa shape index (κ3) is 28.6. The third-order valence-corrected chi connectivity index (χ3v) is 26.3. The fourth-order valence-corrected chi connectivity index (χ4v) is 18.3. The highest BCUT2D eigenvalue weighted by Crippen LogP contribution is 2.41. The van der Waals surface area contributed by atoms with Crippen LogP contribution in [0.3, 0.4) is 0 Å². The number of fused-ring (bicyclic) bond motifs is 10. The van der Waals surface area contributed by atoms with Gasteiger partial charge in [0.25, 0.3) is 0 Å². The summed E-state index contributed by atoms with van der Waals surface area (Å²) in [6.07, 6.45) is 22.4. The highest BCUT2D eigenvalue weighted by atomic mass is 35.5. The number of pyridine rings is 2. The molecule has 0 spiro atoms. The second-order valence-electron chi connectivity index (χ2n) is 33.6. The highest BCUT2D eigenvalue weighted by molar-refractivity contribution is 7.19. The lowest BCUT2D eigenvalue weighted by molar-refractivity contribution is -0.173. The minimum Gasteiger partial charge on any atom is -0.493 e. The Hall–Kier alpha value is -12.9. The van der Waals surface area contributed by atoms with Crippen molar-refractivity contribution in [3.63, 3.8) is 0 Å². The van der Waals surface area contributed by atoms with E-state index >= 15 is 0 Å². The molecule has 1 atom stereocenters. The average Bonchev–Trinajstić information content (AvgIpc) is 1.67. The van der Waals surface area contributed by atoms with Crippen LogP contribution in [0.5, 0.6) is 28.7 Å². The Morgan fingerprint density at radius 3 is 1.60 bits per heavy atom. The predicted molar refractivity (Wildman–Crippen MR) is 557 cm³/mol. The van der Waals surface area contributed by atoms with Crippen LogP contribution in [0, 0.1) is 83.1 Å². The van der Waals surface area contributed by atoms with Crippen LogP contribution in [-0.2, 0) is 45.2 Å². The van der Waals surface area contributed by atoms with E-state index in [4.69, 9.17) is 58.4 Å². The number of hydrogen-bond acceptors (Lipinski definition) is 16. The first-order valence-electron chi connectivity index (χ1n) is 44.8. The van der Waals surface area contributed by atoms with Crippen LogP contribution in [0.2, 0.25) is 10.0 Å². The largest absolute Gasteiger partial charge is 0.493 e. The van der Waals surface area contributed by atoms with Crippen molar-refractivity contribution in [1.82, 2.24) is 19.9 Å². The van der Waals surface area contributed by atoms with Gasteiger partial charge in [-0.2, -0.15) is 4.39 Å². The first kappa shape index (κ1) is 97.7. The Bertz CT molecular complexity index is 6610. The molecule has 133 heavy (non-hydrogen) atoms. The first-order valence-corrected chi connectivity index (χ1v) is 48.1. The molecule has 16 aromatic rings. The van der Waals surface area contributed by atoms with Gasteiger partial charge in [-0.3, -0.25) is 20.0 Å². The van der Waals surface area contributed by atoms with Crippen LogP contribution < -0.4 is 35.2 Å². The number of hydrogen-bond donors (Lipinski definition) is 2. The Kier molecular flexibility index (Phi) is 34.9. The maximum atomic E-state index is 13.1. The molecule has 0 saturated heterocycles. The van der Waals surface area contributed by atoms with Crippen LogP contribution in [-0.4, -0.2) is 57.5 Å². The van der Waals surface area contributed by atoms with Gasteiger partial charge in [-0.05, 0) is 261 Å². The Labute approximate surface area is 804 Å². The molecule has 24 rings (SSSR count). The summed E-state index contributed by atoms with van der Waals surface area (Å²) in [4.78, 5) is 26.5. The SMILES string of the molecule is Cc1cc2c(cc1Cl)CCO2.Cc1ccc2c(c1)C(N)=NC2.Cc1ccc2c(c1)C=CC2.Cc1ccc2c(c1)C=CC2.Cc1ccc2c(c1)CCC2.Cc1ccc2c(c1)CN=C2N.Cc1ccc2c(c1)OC(C)(F)O2.Cc1ccc2c(c1)OCCCO2.Cc1ccc2ncccc2c1.Cc1csc(-c2ccccc2)n1.Cc1csc(-c2cccnc2)n1.Cc1sc2ccccc2c1Cl. The summed E-state index contributed by atoms with van der Waals surface area (Å²) in [5, 5.41) is 10.4. The molecule has 19 heteroatoms. The Morgan fingerprint density at radius 2 is 0.940 bits per heavy atom. The minimum atomic E-state index is -2.00. The van der Waals surface area contributed by atoms with E-state index in [0.717, 1.165) is 141 Å². The summed E-state index contributed by atoms with van der Waals surface area (Å²) in [6, 6.07) is 78.6. The lowest BCUT2D eigenvalue weighted by Gasteiger charge is -2.10. The molecule has 680 valence electrons. The number of benzene rings is 11.